The molecule has 1 unspecified atom stereocenters. The first kappa shape index (κ1) is 22.5. The van der Waals surface area contributed by atoms with Crippen molar-refractivity contribution in [2.75, 3.05) is 39.7 Å². The summed E-state index contributed by atoms with van der Waals surface area (Å²) < 4.78 is 10.6. The van der Waals surface area contributed by atoms with Crippen LogP contribution < -0.4 is 25.0 Å². The standard InChI is InChI=1S/C21H26ClN3O4/c1-14(16-11-15(28-3)9-10-19(16)29-4)23-20(26)12-25(2)13-21(27)24-18-8-6-5-7-17(18)22/h5-11,14H,12-13H2,1-4H3,(H,23,26)(H,24,27)/p+1/t14-/m0/s1. The maximum atomic E-state index is 12.4. The molecule has 8 heteroatoms. The van der Waals surface area contributed by atoms with Gasteiger partial charge in [-0.15, -0.1) is 0 Å². The fraction of sp³-hybridized carbons (Fsp3) is 0.333. The Morgan fingerprint density at radius 2 is 1.76 bits per heavy atom. The molecule has 0 aromatic heterocycles. The third-order valence-electron chi connectivity index (χ3n) is 4.35. The first-order valence-electron chi connectivity index (χ1n) is 9.21. The molecule has 156 valence electrons. The van der Waals surface area contributed by atoms with Crippen molar-refractivity contribution in [2.24, 2.45) is 0 Å². The number of para-hydroxylation sites is 1. The van der Waals surface area contributed by atoms with Crippen LogP contribution in [0.3, 0.4) is 0 Å². The largest absolute Gasteiger partial charge is 0.497 e. The summed E-state index contributed by atoms with van der Waals surface area (Å²) in [6.45, 7) is 2.15. The lowest BCUT2D eigenvalue weighted by Crippen LogP contribution is -3.11. The Morgan fingerprint density at radius 1 is 1.07 bits per heavy atom. The van der Waals surface area contributed by atoms with Gasteiger partial charge in [0.15, 0.2) is 13.1 Å². The van der Waals surface area contributed by atoms with E-state index in [2.05, 4.69) is 10.6 Å². The van der Waals surface area contributed by atoms with E-state index in [4.69, 9.17) is 21.1 Å². The third kappa shape index (κ3) is 6.66. The van der Waals surface area contributed by atoms with E-state index >= 15 is 0 Å². The number of anilines is 1. The average Bonchev–Trinajstić information content (AvgIpc) is 2.68. The second kappa shape index (κ2) is 10.7. The summed E-state index contributed by atoms with van der Waals surface area (Å²) in [6.07, 6.45) is 0. The Balaban J connectivity index is 1.89. The summed E-state index contributed by atoms with van der Waals surface area (Å²) in [5.41, 5.74) is 1.37. The molecule has 2 rings (SSSR count). The summed E-state index contributed by atoms with van der Waals surface area (Å²) >= 11 is 6.05. The van der Waals surface area contributed by atoms with Gasteiger partial charge < -0.3 is 25.0 Å². The molecule has 2 aromatic rings. The van der Waals surface area contributed by atoms with Crippen molar-refractivity contribution < 1.29 is 24.0 Å². The number of likely N-dealkylation sites (N-methyl/N-ethyl adjacent to an activating group) is 1. The van der Waals surface area contributed by atoms with Crippen molar-refractivity contribution in [1.29, 1.82) is 0 Å². The lowest BCUT2D eigenvalue weighted by molar-refractivity contribution is -0.862. The number of hydrogen-bond donors (Lipinski definition) is 3. The van der Waals surface area contributed by atoms with Crippen LogP contribution in [0.15, 0.2) is 42.5 Å². The number of carbonyl (C=O) groups excluding carboxylic acids is 2. The SMILES string of the molecule is COc1ccc(OC)c([C@H](C)NC(=O)C[NH+](C)CC(=O)Nc2ccccc2Cl)c1. The zero-order valence-electron chi connectivity index (χ0n) is 17.0. The number of carbonyl (C=O) groups is 2. The van der Waals surface area contributed by atoms with Gasteiger partial charge in [-0.2, -0.15) is 0 Å². The monoisotopic (exact) mass is 420 g/mol. The highest BCUT2D eigenvalue weighted by molar-refractivity contribution is 6.33. The molecule has 0 aliphatic carbocycles. The lowest BCUT2D eigenvalue weighted by Gasteiger charge is -2.19. The Labute approximate surface area is 175 Å². The van der Waals surface area contributed by atoms with Crippen molar-refractivity contribution in [1.82, 2.24) is 5.32 Å². The van der Waals surface area contributed by atoms with Crippen LogP contribution in [-0.4, -0.2) is 46.2 Å². The Hall–Kier alpha value is -2.77. The van der Waals surface area contributed by atoms with Crippen LogP contribution in [0.2, 0.25) is 5.02 Å². The Kier molecular flexibility index (Phi) is 8.30. The van der Waals surface area contributed by atoms with E-state index < -0.39 is 0 Å². The minimum absolute atomic E-state index is 0.134. The maximum absolute atomic E-state index is 12.4. The van der Waals surface area contributed by atoms with E-state index in [1.165, 1.54) is 0 Å². The highest BCUT2D eigenvalue weighted by Gasteiger charge is 2.19. The van der Waals surface area contributed by atoms with Crippen molar-refractivity contribution in [3.05, 3.63) is 53.1 Å². The number of amides is 2. The van der Waals surface area contributed by atoms with Crippen LogP contribution >= 0.6 is 11.6 Å². The van der Waals surface area contributed by atoms with Gasteiger partial charge in [0.2, 0.25) is 0 Å². The molecule has 0 fully saturated rings. The predicted octanol–water partition coefficient (Wildman–Crippen LogP) is 1.69. The summed E-state index contributed by atoms with van der Waals surface area (Å²) in [4.78, 5) is 25.4. The quantitative estimate of drug-likeness (QED) is 0.576. The highest BCUT2D eigenvalue weighted by Crippen LogP contribution is 2.29. The Bertz CT molecular complexity index is 860. The fourth-order valence-corrected chi connectivity index (χ4v) is 3.10. The summed E-state index contributed by atoms with van der Waals surface area (Å²) in [5, 5.41) is 6.16. The molecule has 29 heavy (non-hydrogen) atoms. The van der Waals surface area contributed by atoms with Crippen molar-refractivity contribution >= 4 is 29.1 Å². The van der Waals surface area contributed by atoms with Gasteiger partial charge in [0.1, 0.15) is 11.5 Å². The van der Waals surface area contributed by atoms with Gasteiger partial charge in [0, 0.05) is 5.56 Å². The predicted molar refractivity (Wildman–Crippen MR) is 113 cm³/mol. The van der Waals surface area contributed by atoms with Crippen molar-refractivity contribution in [3.8, 4) is 11.5 Å². The lowest BCUT2D eigenvalue weighted by atomic mass is 10.1. The molecular weight excluding hydrogens is 394 g/mol. The second-order valence-corrected chi connectivity index (χ2v) is 7.14. The van der Waals surface area contributed by atoms with E-state index in [-0.39, 0.29) is 30.9 Å². The number of nitrogens with one attached hydrogen (secondary N) is 3. The van der Waals surface area contributed by atoms with E-state index in [1.807, 2.05) is 13.0 Å². The molecule has 0 heterocycles. The number of halogens is 1. The molecular formula is C21H27ClN3O4+. The van der Waals surface area contributed by atoms with Gasteiger partial charge >= 0.3 is 0 Å². The van der Waals surface area contributed by atoms with Gasteiger partial charge in [-0.05, 0) is 37.3 Å². The van der Waals surface area contributed by atoms with Crippen LogP contribution in [0.5, 0.6) is 11.5 Å². The topological polar surface area (TPSA) is 81.1 Å². The summed E-state index contributed by atoms with van der Waals surface area (Å²) in [7, 11) is 4.94. The first-order chi connectivity index (χ1) is 13.8. The van der Waals surface area contributed by atoms with E-state index in [0.717, 1.165) is 10.5 Å². The van der Waals surface area contributed by atoms with Crippen LogP contribution in [0, 0.1) is 0 Å². The van der Waals surface area contributed by atoms with Crippen LogP contribution in [0.1, 0.15) is 18.5 Å². The molecule has 0 aliphatic rings. The molecule has 2 aromatic carbocycles. The number of methoxy groups -OCH3 is 2. The number of benzene rings is 2. The molecule has 0 spiro atoms. The molecule has 0 aliphatic heterocycles. The third-order valence-corrected chi connectivity index (χ3v) is 4.68. The molecule has 2 atom stereocenters. The molecule has 0 saturated carbocycles. The second-order valence-electron chi connectivity index (χ2n) is 6.74. The smallest absolute Gasteiger partial charge is 0.279 e. The Morgan fingerprint density at radius 3 is 2.41 bits per heavy atom. The number of ether oxygens (including phenoxy) is 2. The fourth-order valence-electron chi connectivity index (χ4n) is 2.92. The molecule has 2 amide bonds. The zero-order chi connectivity index (χ0) is 21.4. The van der Waals surface area contributed by atoms with E-state index in [0.29, 0.717) is 22.2 Å². The molecule has 0 saturated heterocycles. The summed E-state index contributed by atoms with van der Waals surface area (Å²) in [5.74, 6) is 0.954. The normalized spacial score (nSPS) is 12.6. The molecule has 3 N–H and O–H groups in total. The highest BCUT2D eigenvalue weighted by atomic mass is 35.5. The van der Waals surface area contributed by atoms with Gasteiger partial charge in [-0.25, -0.2) is 0 Å². The maximum Gasteiger partial charge on any atom is 0.279 e. The molecule has 7 nitrogen and oxygen atoms in total. The van der Waals surface area contributed by atoms with Crippen molar-refractivity contribution in [3.63, 3.8) is 0 Å². The summed E-state index contributed by atoms with van der Waals surface area (Å²) in [6, 6.07) is 12.2. The van der Waals surface area contributed by atoms with Gasteiger partial charge in [-0.3, -0.25) is 9.59 Å². The minimum Gasteiger partial charge on any atom is -0.497 e. The molecule has 0 bridgehead atoms. The van der Waals surface area contributed by atoms with Crippen LogP contribution in [0.4, 0.5) is 5.69 Å². The zero-order valence-corrected chi connectivity index (χ0v) is 17.8. The van der Waals surface area contributed by atoms with Gasteiger partial charge in [0.25, 0.3) is 11.8 Å². The minimum atomic E-state index is -0.280. The van der Waals surface area contributed by atoms with Gasteiger partial charge in [0.05, 0.1) is 38.0 Å². The number of quaternary nitrogens is 1. The average molecular weight is 421 g/mol. The number of hydrogen-bond acceptors (Lipinski definition) is 4. The number of rotatable bonds is 9. The van der Waals surface area contributed by atoms with E-state index in [1.54, 1.807) is 57.7 Å². The van der Waals surface area contributed by atoms with E-state index in [9.17, 15) is 9.59 Å². The first-order valence-corrected chi connectivity index (χ1v) is 9.58. The molecule has 0 radical (unpaired) electrons. The van der Waals surface area contributed by atoms with Gasteiger partial charge in [-0.1, -0.05) is 23.7 Å². The van der Waals surface area contributed by atoms with Crippen LogP contribution in [-0.2, 0) is 9.59 Å². The van der Waals surface area contributed by atoms with Crippen molar-refractivity contribution in [2.45, 2.75) is 13.0 Å². The van der Waals surface area contributed by atoms with Crippen LogP contribution in [0.25, 0.3) is 0 Å².